The molecule has 1 saturated heterocycles. The van der Waals surface area contributed by atoms with Crippen LogP contribution >= 0.6 is 11.3 Å². The standard InChI is InChI=1S/C14H16N2S/c1-9-3-4-11(5-10(9)2)14-16-13(8-17-14)12-6-15-7-12/h3-5,8,12,15H,6-7H2,1-2H3. The Morgan fingerprint density at radius 3 is 2.71 bits per heavy atom. The third-order valence-corrected chi connectivity index (χ3v) is 4.39. The van der Waals surface area contributed by atoms with E-state index in [-0.39, 0.29) is 0 Å². The Morgan fingerprint density at radius 2 is 2.06 bits per heavy atom. The fraction of sp³-hybridized carbons (Fsp3) is 0.357. The van der Waals surface area contributed by atoms with Crippen molar-refractivity contribution in [1.29, 1.82) is 0 Å². The van der Waals surface area contributed by atoms with E-state index in [9.17, 15) is 0 Å². The van der Waals surface area contributed by atoms with Crippen LogP contribution in [0.5, 0.6) is 0 Å². The highest BCUT2D eigenvalue weighted by Gasteiger charge is 2.21. The molecular weight excluding hydrogens is 228 g/mol. The molecule has 0 radical (unpaired) electrons. The van der Waals surface area contributed by atoms with Crippen LogP contribution < -0.4 is 5.32 Å². The van der Waals surface area contributed by atoms with E-state index in [1.807, 2.05) is 0 Å². The molecule has 1 aromatic heterocycles. The van der Waals surface area contributed by atoms with E-state index in [2.05, 4.69) is 42.7 Å². The average Bonchev–Trinajstić information content (AvgIpc) is 2.69. The van der Waals surface area contributed by atoms with E-state index in [0.717, 1.165) is 18.1 Å². The molecule has 0 unspecified atom stereocenters. The first-order chi connectivity index (χ1) is 8.24. The summed E-state index contributed by atoms with van der Waals surface area (Å²) in [6.07, 6.45) is 0. The SMILES string of the molecule is Cc1ccc(-c2nc(C3CNC3)cs2)cc1C. The van der Waals surface area contributed by atoms with Crippen molar-refractivity contribution in [2.24, 2.45) is 0 Å². The number of rotatable bonds is 2. The number of nitrogens with one attached hydrogen (secondary N) is 1. The predicted molar refractivity (Wildman–Crippen MR) is 72.6 cm³/mol. The molecule has 0 saturated carbocycles. The van der Waals surface area contributed by atoms with Crippen LogP contribution in [0.3, 0.4) is 0 Å². The van der Waals surface area contributed by atoms with Gasteiger partial charge in [-0.3, -0.25) is 0 Å². The Kier molecular flexibility index (Phi) is 2.73. The molecule has 0 bridgehead atoms. The molecule has 2 aromatic rings. The highest BCUT2D eigenvalue weighted by atomic mass is 32.1. The van der Waals surface area contributed by atoms with Gasteiger partial charge in [-0.05, 0) is 31.0 Å². The topological polar surface area (TPSA) is 24.9 Å². The molecule has 0 atom stereocenters. The Hall–Kier alpha value is -1.19. The summed E-state index contributed by atoms with van der Waals surface area (Å²) in [5.41, 5.74) is 5.18. The van der Waals surface area contributed by atoms with E-state index in [0.29, 0.717) is 5.92 Å². The fourth-order valence-corrected chi connectivity index (χ4v) is 2.88. The van der Waals surface area contributed by atoms with Crippen LogP contribution in [-0.2, 0) is 0 Å². The summed E-state index contributed by atoms with van der Waals surface area (Å²) < 4.78 is 0. The highest BCUT2D eigenvalue weighted by molar-refractivity contribution is 7.13. The van der Waals surface area contributed by atoms with Gasteiger partial charge in [0.2, 0.25) is 0 Å². The molecule has 1 aromatic carbocycles. The first-order valence-corrected chi connectivity index (χ1v) is 6.86. The average molecular weight is 244 g/mol. The Labute approximate surface area is 106 Å². The van der Waals surface area contributed by atoms with Gasteiger partial charge in [0.15, 0.2) is 0 Å². The molecule has 1 N–H and O–H groups in total. The van der Waals surface area contributed by atoms with E-state index in [4.69, 9.17) is 4.98 Å². The van der Waals surface area contributed by atoms with Gasteiger partial charge < -0.3 is 5.32 Å². The number of aryl methyl sites for hydroxylation is 2. The van der Waals surface area contributed by atoms with Crippen LogP contribution in [0, 0.1) is 13.8 Å². The monoisotopic (exact) mass is 244 g/mol. The molecule has 3 heteroatoms. The van der Waals surface area contributed by atoms with Crippen molar-refractivity contribution in [2.75, 3.05) is 13.1 Å². The molecule has 1 fully saturated rings. The van der Waals surface area contributed by atoms with Gasteiger partial charge in [-0.1, -0.05) is 12.1 Å². The maximum Gasteiger partial charge on any atom is 0.123 e. The van der Waals surface area contributed by atoms with Crippen molar-refractivity contribution in [3.05, 3.63) is 40.4 Å². The van der Waals surface area contributed by atoms with Crippen molar-refractivity contribution in [3.8, 4) is 10.6 Å². The zero-order chi connectivity index (χ0) is 11.8. The minimum atomic E-state index is 0.631. The first-order valence-electron chi connectivity index (χ1n) is 5.98. The zero-order valence-electron chi connectivity index (χ0n) is 10.2. The second kappa shape index (κ2) is 4.24. The first kappa shape index (κ1) is 10.9. The second-order valence-electron chi connectivity index (χ2n) is 4.73. The number of nitrogens with zero attached hydrogens (tertiary/aromatic N) is 1. The van der Waals surface area contributed by atoms with Gasteiger partial charge in [-0.25, -0.2) is 4.98 Å². The number of thiazole rings is 1. The minimum absolute atomic E-state index is 0.631. The van der Waals surface area contributed by atoms with Gasteiger partial charge in [0.05, 0.1) is 5.69 Å². The Balaban J connectivity index is 1.92. The molecule has 0 spiro atoms. The summed E-state index contributed by atoms with van der Waals surface area (Å²) in [6.45, 7) is 6.46. The maximum atomic E-state index is 4.75. The molecule has 2 heterocycles. The van der Waals surface area contributed by atoms with Crippen LogP contribution in [0.1, 0.15) is 22.7 Å². The number of aromatic nitrogens is 1. The lowest BCUT2D eigenvalue weighted by atomic mass is 10.0. The van der Waals surface area contributed by atoms with Crippen LogP contribution in [0.4, 0.5) is 0 Å². The van der Waals surface area contributed by atoms with Crippen LogP contribution in [0.2, 0.25) is 0 Å². The molecule has 3 rings (SSSR count). The lowest BCUT2D eigenvalue weighted by Crippen LogP contribution is -2.40. The summed E-state index contributed by atoms with van der Waals surface area (Å²) in [5, 5.41) is 6.64. The molecule has 17 heavy (non-hydrogen) atoms. The van der Waals surface area contributed by atoms with Crippen LogP contribution in [0.25, 0.3) is 10.6 Å². The maximum absolute atomic E-state index is 4.75. The van der Waals surface area contributed by atoms with E-state index in [1.54, 1.807) is 11.3 Å². The van der Waals surface area contributed by atoms with Gasteiger partial charge in [-0.15, -0.1) is 11.3 Å². The Morgan fingerprint density at radius 1 is 1.24 bits per heavy atom. The lowest BCUT2D eigenvalue weighted by molar-refractivity contribution is 0.441. The highest BCUT2D eigenvalue weighted by Crippen LogP contribution is 2.29. The van der Waals surface area contributed by atoms with Gasteiger partial charge in [-0.2, -0.15) is 0 Å². The van der Waals surface area contributed by atoms with Crippen molar-refractivity contribution >= 4 is 11.3 Å². The minimum Gasteiger partial charge on any atom is -0.315 e. The van der Waals surface area contributed by atoms with E-state index >= 15 is 0 Å². The molecule has 0 amide bonds. The van der Waals surface area contributed by atoms with Crippen molar-refractivity contribution in [3.63, 3.8) is 0 Å². The van der Waals surface area contributed by atoms with Gasteiger partial charge >= 0.3 is 0 Å². The quantitative estimate of drug-likeness (QED) is 0.878. The van der Waals surface area contributed by atoms with Crippen LogP contribution in [-0.4, -0.2) is 18.1 Å². The van der Waals surface area contributed by atoms with Gasteiger partial charge in [0.25, 0.3) is 0 Å². The summed E-state index contributed by atoms with van der Waals surface area (Å²) in [4.78, 5) is 4.75. The number of benzene rings is 1. The van der Waals surface area contributed by atoms with E-state index in [1.165, 1.54) is 22.4 Å². The molecule has 88 valence electrons. The summed E-state index contributed by atoms with van der Waals surface area (Å²) >= 11 is 1.76. The zero-order valence-corrected chi connectivity index (χ0v) is 11.0. The predicted octanol–water partition coefficient (Wildman–Crippen LogP) is 3.11. The van der Waals surface area contributed by atoms with Gasteiger partial charge in [0.1, 0.15) is 5.01 Å². The van der Waals surface area contributed by atoms with Gasteiger partial charge in [0, 0.05) is 30.0 Å². The number of hydrogen-bond donors (Lipinski definition) is 1. The normalized spacial score (nSPS) is 15.9. The smallest absolute Gasteiger partial charge is 0.123 e. The fourth-order valence-electron chi connectivity index (χ4n) is 1.98. The third kappa shape index (κ3) is 2.01. The molecule has 1 aliphatic heterocycles. The molecular formula is C14H16N2S. The lowest BCUT2D eigenvalue weighted by Gasteiger charge is -2.25. The second-order valence-corrected chi connectivity index (χ2v) is 5.59. The molecule has 0 aliphatic carbocycles. The van der Waals surface area contributed by atoms with Crippen LogP contribution in [0.15, 0.2) is 23.6 Å². The van der Waals surface area contributed by atoms with Crippen molar-refractivity contribution < 1.29 is 0 Å². The third-order valence-electron chi connectivity index (χ3n) is 3.48. The largest absolute Gasteiger partial charge is 0.315 e. The van der Waals surface area contributed by atoms with Crippen molar-refractivity contribution in [2.45, 2.75) is 19.8 Å². The van der Waals surface area contributed by atoms with E-state index < -0.39 is 0 Å². The summed E-state index contributed by atoms with van der Waals surface area (Å²) in [5.74, 6) is 0.631. The number of hydrogen-bond acceptors (Lipinski definition) is 3. The molecule has 2 nitrogen and oxygen atoms in total. The summed E-state index contributed by atoms with van der Waals surface area (Å²) in [7, 11) is 0. The summed E-state index contributed by atoms with van der Waals surface area (Å²) in [6, 6.07) is 6.58. The van der Waals surface area contributed by atoms with Crippen molar-refractivity contribution in [1.82, 2.24) is 10.3 Å². The molecule has 1 aliphatic rings. The Bertz CT molecular complexity index is 541.